The molecule has 2 heterocycles. The van der Waals surface area contributed by atoms with Crippen molar-refractivity contribution in [2.24, 2.45) is 0 Å². The molecule has 0 atom stereocenters. The first-order valence-corrected chi connectivity index (χ1v) is 8.50. The first kappa shape index (κ1) is 14.6. The van der Waals surface area contributed by atoms with Gasteiger partial charge >= 0.3 is 5.97 Å². The van der Waals surface area contributed by atoms with Gasteiger partial charge in [-0.05, 0) is 6.07 Å². The number of hydrogen-bond donors (Lipinski definition) is 1. The predicted octanol–water partition coefficient (Wildman–Crippen LogP) is 4.49. The van der Waals surface area contributed by atoms with Crippen LogP contribution >= 0.6 is 34.4 Å². The Hall–Kier alpha value is -0.850. The minimum absolute atomic E-state index is 0.0897. The van der Waals surface area contributed by atoms with Gasteiger partial charge < -0.3 is 5.11 Å². The molecule has 2 aromatic heterocycles. The molecule has 6 heteroatoms. The monoisotopic (exact) mass is 313 g/mol. The van der Waals surface area contributed by atoms with Crippen molar-refractivity contribution in [2.45, 2.75) is 36.8 Å². The SMILES string of the molecule is CC(C)(C)c1nc(CSc2csc(C(=O)O)c2)cs1. The molecule has 0 saturated heterocycles. The zero-order valence-electron chi connectivity index (χ0n) is 11.0. The molecule has 1 N–H and O–H groups in total. The topological polar surface area (TPSA) is 50.2 Å². The highest BCUT2D eigenvalue weighted by atomic mass is 32.2. The molecule has 0 aromatic carbocycles. The van der Waals surface area contributed by atoms with Crippen molar-refractivity contribution in [3.05, 3.63) is 32.4 Å². The number of aromatic carboxylic acids is 1. The van der Waals surface area contributed by atoms with Gasteiger partial charge in [0, 0.05) is 26.8 Å². The molecular formula is C13H15NO2S3. The highest BCUT2D eigenvalue weighted by Crippen LogP contribution is 2.30. The number of thiophene rings is 1. The molecular weight excluding hydrogens is 298 g/mol. The number of thiazole rings is 1. The van der Waals surface area contributed by atoms with Crippen molar-refractivity contribution in [3.8, 4) is 0 Å². The summed E-state index contributed by atoms with van der Waals surface area (Å²) in [5.41, 5.74) is 1.15. The van der Waals surface area contributed by atoms with E-state index in [1.807, 2.05) is 5.38 Å². The van der Waals surface area contributed by atoms with E-state index < -0.39 is 5.97 Å². The molecule has 19 heavy (non-hydrogen) atoms. The fourth-order valence-corrected chi connectivity index (χ4v) is 4.16. The van der Waals surface area contributed by atoms with Crippen molar-refractivity contribution in [1.29, 1.82) is 0 Å². The second-order valence-electron chi connectivity index (χ2n) is 5.13. The van der Waals surface area contributed by atoms with Crippen LogP contribution in [0.2, 0.25) is 0 Å². The lowest BCUT2D eigenvalue weighted by Crippen LogP contribution is -2.10. The van der Waals surface area contributed by atoms with Gasteiger partial charge in [0.05, 0.1) is 10.7 Å². The van der Waals surface area contributed by atoms with E-state index in [2.05, 4.69) is 31.1 Å². The summed E-state index contributed by atoms with van der Waals surface area (Å²) in [6.45, 7) is 6.46. The zero-order valence-corrected chi connectivity index (χ0v) is 13.4. The largest absolute Gasteiger partial charge is 0.477 e. The summed E-state index contributed by atoms with van der Waals surface area (Å²) in [6.07, 6.45) is 0. The zero-order chi connectivity index (χ0) is 14.0. The predicted molar refractivity (Wildman–Crippen MR) is 81.7 cm³/mol. The first-order valence-electron chi connectivity index (χ1n) is 5.76. The molecule has 0 aliphatic heterocycles. The summed E-state index contributed by atoms with van der Waals surface area (Å²) in [4.78, 5) is 16.8. The molecule has 102 valence electrons. The van der Waals surface area contributed by atoms with Crippen LogP contribution in [0.5, 0.6) is 0 Å². The van der Waals surface area contributed by atoms with E-state index in [-0.39, 0.29) is 5.41 Å². The number of hydrogen-bond acceptors (Lipinski definition) is 5. The van der Waals surface area contributed by atoms with Crippen molar-refractivity contribution >= 4 is 40.4 Å². The second-order valence-corrected chi connectivity index (χ2v) is 7.95. The Morgan fingerprint density at radius 2 is 2.11 bits per heavy atom. The van der Waals surface area contributed by atoms with Crippen LogP contribution < -0.4 is 0 Å². The highest BCUT2D eigenvalue weighted by Gasteiger charge is 2.18. The van der Waals surface area contributed by atoms with Crippen LogP contribution in [-0.4, -0.2) is 16.1 Å². The molecule has 2 aromatic rings. The van der Waals surface area contributed by atoms with Crippen LogP contribution in [0.25, 0.3) is 0 Å². The quantitative estimate of drug-likeness (QED) is 0.845. The number of thioether (sulfide) groups is 1. The number of rotatable bonds is 4. The Morgan fingerprint density at radius 1 is 1.37 bits per heavy atom. The van der Waals surface area contributed by atoms with Crippen LogP contribution in [-0.2, 0) is 11.2 Å². The lowest BCUT2D eigenvalue weighted by molar-refractivity contribution is 0.0702. The molecule has 0 aliphatic rings. The molecule has 0 fully saturated rings. The standard InChI is InChI=1S/C13H15NO2S3/c1-13(2,3)12-14-8(6-19-12)5-17-9-4-10(11(15)16)18-7-9/h4,6-7H,5H2,1-3H3,(H,15,16). The normalized spacial score (nSPS) is 11.7. The van der Waals surface area contributed by atoms with Gasteiger partial charge in [-0.2, -0.15) is 0 Å². The van der Waals surface area contributed by atoms with E-state index in [4.69, 9.17) is 5.11 Å². The third-order valence-corrected chi connectivity index (χ3v) is 5.76. The number of aromatic nitrogens is 1. The van der Waals surface area contributed by atoms with Crippen molar-refractivity contribution in [2.75, 3.05) is 0 Å². The Bertz CT molecular complexity index is 581. The molecule has 0 spiro atoms. The minimum atomic E-state index is -0.861. The summed E-state index contributed by atoms with van der Waals surface area (Å²) in [6, 6.07) is 1.72. The summed E-state index contributed by atoms with van der Waals surface area (Å²) in [5, 5.41) is 14.0. The van der Waals surface area contributed by atoms with Gasteiger partial charge in [-0.1, -0.05) is 20.8 Å². The van der Waals surface area contributed by atoms with E-state index in [0.29, 0.717) is 4.88 Å². The van der Waals surface area contributed by atoms with Gasteiger partial charge in [-0.3, -0.25) is 0 Å². The third kappa shape index (κ3) is 3.81. The van der Waals surface area contributed by atoms with Crippen molar-refractivity contribution < 1.29 is 9.90 Å². The molecule has 0 radical (unpaired) electrons. The maximum Gasteiger partial charge on any atom is 0.345 e. The summed E-state index contributed by atoms with van der Waals surface area (Å²) in [7, 11) is 0. The van der Waals surface area contributed by atoms with Gasteiger partial charge in [0.1, 0.15) is 4.88 Å². The fraction of sp³-hybridized carbons (Fsp3) is 0.385. The maximum absolute atomic E-state index is 10.8. The van der Waals surface area contributed by atoms with Gasteiger partial charge in [0.25, 0.3) is 0 Å². The van der Waals surface area contributed by atoms with E-state index in [1.54, 1.807) is 29.2 Å². The Kier molecular flexibility index (Phi) is 4.32. The summed E-state index contributed by atoms with van der Waals surface area (Å²) in [5.74, 6) is -0.0805. The van der Waals surface area contributed by atoms with Gasteiger partial charge in [0.2, 0.25) is 0 Å². The van der Waals surface area contributed by atoms with Gasteiger partial charge in [-0.15, -0.1) is 34.4 Å². The van der Waals surface area contributed by atoms with Gasteiger partial charge in [-0.25, -0.2) is 9.78 Å². The molecule has 0 unspecified atom stereocenters. The summed E-state index contributed by atoms with van der Waals surface area (Å²) < 4.78 is 0. The molecule has 2 rings (SSSR count). The number of carboxylic acid groups (broad SMARTS) is 1. The molecule has 0 bridgehead atoms. The van der Waals surface area contributed by atoms with Crippen LogP contribution in [0.15, 0.2) is 21.7 Å². The first-order chi connectivity index (χ1) is 8.86. The number of carboxylic acids is 1. The van der Waals surface area contributed by atoms with E-state index in [9.17, 15) is 4.79 Å². The van der Waals surface area contributed by atoms with Gasteiger partial charge in [0.15, 0.2) is 0 Å². The second kappa shape index (κ2) is 5.64. The molecule has 3 nitrogen and oxygen atoms in total. The van der Waals surface area contributed by atoms with Crippen molar-refractivity contribution in [3.63, 3.8) is 0 Å². The molecule has 0 amide bonds. The summed E-state index contributed by atoms with van der Waals surface area (Å²) >= 11 is 4.58. The number of nitrogens with zero attached hydrogens (tertiary/aromatic N) is 1. The van der Waals surface area contributed by atoms with E-state index in [0.717, 1.165) is 21.3 Å². The lowest BCUT2D eigenvalue weighted by Gasteiger charge is -2.13. The average molecular weight is 313 g/mol. The molecule has 0 saturated carbocycles. The smallest absolute Gasteiger partial charge is 0.345 e. The average Bonchev–Trinajstić information content (AvgIpc) is 2.95. The van der Waals surface area contributed by atoms with E-state index >= 15 is 0 Å². The van der Waals surface area contributed by atoms with Crippen LogP contribution in [0.1, 0.15) is 41.1 Å². The van der Waals surface area contributed by atoms with Crippen molar-refractivity contribution in [1.82, 2.24) is 4.98 Å². The minimum Gasteiger partial charge on any atom is -0.477 e. The van der Waals surface area contributed by atoms with Crippen LogP contribution in [0.4, 0.5) is 0 Å². The Morgan fingerprint density at radius 3 is 2.63 bits per heavy atom. The Balaban J connectivity index is 1.98. The number of carbonyl (C=O) groups is 1. The Labute approximate surface area is 124 Å². The van der Waals surface area contributed by atoms with Crippen LogP contribution in [0, 0.1) is 0 Å². The maximum atomic E-state index is 10.8. The van der Waals surface area contributed by atoms with E-state index in [1.165, 1.54) is 11.3 Å². The fourth-order valence-electron chi connectivity index (χ4n) is 1.38. The molecule has 0 aliphatic carbocycles. The van der Waals surface area contributed by atoms with Crippen LogP contribution in [0.3, 0.4) is 0 Å². The highest BCUT2D eigenvalue weighted by molar-refractivity contribution is 7.98. The third-order valence-electron chi connectivity index (χ3n) is 2.37. The lowest BCUT2D eigenvalue weighted by atomic mass is 9.98.